The molecule has 0 nitrogen and oxygen atoms in total. The first-order valence-corrected chi connectivity index (χ1v) is 8.45. The second-order valence-corrected chi connectivity index (χ2v) is 6.47. The van der Waals surface area contributed by atoms with E-state index in [2.05, 4.69) is 68.6 Å². The second-order valence-electron chi connectivity index (χ2n) is 4.11. The highest BCUT2D eigenvalue weighted by molar-refractivity contribution is 7.94. The Morgan fingerprint density at radius 2 is 1.06 bits per heavy atom. The standard InChI is InChI=1S/C10H8.C5H12S.C2H6/c1-2-6-10-8-4-3-7-9(10)5-1;1-5(2)6(3)4;1-2/h1-8H;3,5-6H,1-2,4H3;1-2H3. The molecule has 0 amide bonds. The molecule has 0 aromatic heterocycles. The molecule has 18 heavy (non-hydrogen) atoms. The average Bonchev–Trinajstić information content (AvgIpc) is 2.42. The van der Waals surface area contributed by atoms with Crippen LogP contribution in [0.1, 0.15) is 27.7 Å². The maximum atomic E-state index is 5.50. The Morgan fingerprint density at radius 1 is 0.833 bits per heavy atom. The zero-order valence-electron chi connectivity index (χ0n) is 12.2. The van der Waals surface area contributed by atoms with Gasteiger partial charge in [-0.2, -0.15) is 0 Å². The normalized spacial score (nSPS) is 11.0. The van der Waals surface area contributed by atoms with Crippen molar-refractivity contribution < 1.29 is 0 Å². The highest BCUT2D eigenvalue weighted by Crippen LogP contribution is 2.11. The molecule has 0 aliphatic rings. The molecule has 1 atom stereocenters. The van der Waals surface area contributed by atoms with Crippen molar-refractivity contribution >= 4 is 27.1 Å². The van der Waals surface area contributed by atoms with Gasteiger partial charge in [0.2, 0.25) is 0 Å². The Bertz CT molecular complexity index is 392. The molecule has 0 saturated heterocycles. The quantitative estimate of drug-likeness (QED) is 0.306. The van der Waals surface area contributed by atoms with Gasteiger partial charge in [-0.1, -0.05) is 62.4 Å². The van der Waals surface area contributed by atoms with Crippen molar-refractivity contribution in [1.29, 1.82) is 0 Å². The van der Waals surface area contributed by atoms with Gasteiger partial charge in [0.15, 0.2) is 0 Å². The molecule has 1 heteroatoms. The largest absolute Gasteiger partial charge is 0.314 e. The Kier molecular flexibility index (Phi) is 9.31. The third-order valence-corrected chi connectivity index (χ3v) is 4.10. The Hall–Kier alpha value is -1.08. The average molecular weight is 262 g/mol. The van der Waals surface area contributed by atoms with Gasteiger partial charge in [-0.25, -0.2) is 0 Å². The minimum atomic E-state index is -0.159. The molecule has 0 bridgehead atoms. The van der Waals surface area contributed by atoms with Crippen molar-refractivity contribution in [3.63, 3.8) is 0 Å². The topological polar surface area (TPSA) is 0 Å². The molecule has 0 aliphatic heterocycles. The van der Waals surface area contributed by atoms with Crippen LogP contribution in [0.25, 0.3) is 10.8 Å². The summed E-state index contributed by atoms with van der Waals surface area (Å²) in [5, 5.41) is 3.31. The van der Waals surface area contributed by atoms with E-state index in [9.17, 15) is 0 Å². The number of hydrogen-bond acceptors (Lipinski definition) is 0. The lowest BCUT2D eigenvalue weighted by Crippen LogP contribution is -2.00. The summed E-state index contributed by atoms with van der Waals surface area (Å²) in [5.41, 5.74) is 0. The van der Waals surface area contributed by atoms with E-state index in [1.54, 1.807) is 0 Å². The summed E-state index contributed by atoms with van der Waals surface area (Å²) in [6.07, 6.45) is 2.08. The SMILES string of the molecule is CC.[CH-]=[SH+](C)C(C)C.c1ccc2ccccc2c1. The molecule has 0 aliphatic carbocycles. The van der Waals surface area contributed by atoms with Crippen LogP contribution < -0.4 is 0 Å². The highest BCUT2D eigenvalue weighted by Gasteiger charge is 1.85. The lowest BCUT2D eigenvalue weighted by molar-refractivity contribution is 1.11. The summed E-state index contributed by atoms with van der Waals surface area (Å²) in [4.78, 5) is 0. The summed E-state index contributed by atoms with van der Waals surface area (Å²) >= 11 is 0. The van der Waals surface area contributed by atoms with Gasteiger partial charge in [0.1, 0.15) is 0 Å². The van der Waals surface area contributed by atoms with Crippen LogP contribution in [0.4, 0.5) is 0 Å². The van der Waals surface area contributed by atoms with Crippen LogP contribution in [0.5, 0.6) is 0 Å². The van der Waals surface area contributed by atoms with Gasteiger partial charge in [-0.3, -0.25) is 0 Å². The predicted molar refractivity (Wildman–Crippen MR) is 91.2 cm³/mol. The molecule has 0 heterocycles. The lowest BCUT2D eigenvalue weighted by atomic mass is 10.1. The molecular formula is C17H26S. The maximum absolute atomic E-state index is 5.50. The number of hydrogen-bond donors (Lipinski definition) is 0. The minimum Gasteiger partial charge on any atom is -0.314 e. The Labute approximate surface area is 115 Å². The zero-order chi connectivity index (χ0) is 14.0. The summed E-state index contributed by atoms with van der Waals surface area (Å²) in [6, 6.07) is 16.7. The van der Waals surface area contributed by atoms with E-state index in [4.69, 9.17) is 5.87 Å². The minimum absolute atomic E-state index is 0.159. The molecule has 0 spiro atoms. The zero-order valence-corrected chi connectivity index (χ0v) is 13.1. The van der Waals surface area contributed by atoms with Crippen LogP contribution in [0, 0.1) is 0 Å². The summed E-state index contributed by atoms with van der Waals surface area (Å²) in [5.74, 6) is 5.50. The van der Waals surface area contributed by atoms with E-state index >= 15 is 0 Å². The van der Waals surface area contributed by atoms with Crippen molar-refractivity contribution in [3.8, 4) is 0 Å². The molecule has 0 fully saturated rings. The predicted octanol–water partition coefficient (Wildman–Crippen LogP) is 4.55. The monoisotopic (exact) mass is 262 g/mol. The van der Waals surface area contributed by atoms with Crippen LogP contribution in [0.15, 0.2) is 48.5 Å². The third-order valence-electron chi connectivity index (χ3n) is 2.47. The van der Waals surface area contributed by atoms with Gasteiger partial charge in [-0.15, -0.1) is 0 Å². The molecule has 2 rings (SSSR count). The van der Waals surface area contributed by atoms with Crippen molar-refractivity contribution in [2.75, 3.05) is 6.26 Å². The number of fused-ring (bicyclic) bond motifs is 1. The van der Waals surface area contributed by atoms with E-state index in [0.29, 0.717) is 5.25 Å². The first-order chi connectivity index (χ1) is 8.61. The molecule has 0 radical (unpaired) electrons. The molecular weight excluding hydrogens is 236 g/mol. The number of benzene rings is 2. The van der Waals surface area contributed by atoms with Gasteiger partial charge < -0.3 is 16.4 Å². The van der Waals surface area contributed by atoms with Crippen LogP contribution in [0.3, 0.4) is 0 Å². The Morgan fingerprint density at radius 3 is 1.22 bits per heavy atom. The molecule has 2 aromatic carbocycles. The van der Waals surface area contributed by atoms with Crippen LogP contribution >= 0.6 is 0 Å². The first-order valence-electron chi connectivity index (χ1n) is 6.52. The van der Waals surface area contributed by atoms with Gasteiger partial charge in [0.05, 0.1) is 0 Å². The maximum Gasteiger partial charge on any atom is 0.0498 e. The van der Waals surface area contributed by atoms with E-state index in [1.807, 2.05) is 13.8 Å². The van der Waals surface area contributed by atoms with E-state index in [1.165, 1.54) is 10.8 Å². The van der Waals surface area contributed by atoms with Crippen LogP contribution in [-0.4, -0.2) is 17.4 Å². The van der Waals surface area contributed by atoms with Crippen molar-refractivity contribution in [3.05, 3.63) is 48.5 Å². The fraction of sp³-hybridized carbons (Fsp3) is 0.353. The smallest absolute Gasteiger partial charge is 0.0498 e. The van der Waals surface area contributed by atoms with Gasteiger partial charge in [0, 0.05) is 11.5 Å². The molecule has 2 aromatic rings. The summed E-state index contributed by atoms with van der Waals surface area (Å²) < 4.78 is 0. The van der Waals surface area contributed by atoms with Crippen LogP contribution in [-0.2, 0) is 10.5 Å². The van der Waals surface area contributed by atoms with Gasteiger partial charge in [-0.05, 0) is 24.6 Å². The summed E-state index contributed by atoms with van der Waals surface area (Å²) in [6.45, 7) is 8.29. The molecule has 0 saturated carbocycles. The van der Waals surface area contributed by atoms with Crippen molar-refractivity contribution in [1.82, 2.24) is 0 Å². The number of thiol groups is 1. The highest BCUT2D eigenvalue weighted by atomic mass is 32.2. The summed E-state index contributed by atoms with van der Waals surface area (Å²) in [7, 11) is -0.159. The lowest BCUT2D eigenvalue weighted by Gasteiger charge is -2.02. The second kappa shape index (κ2) is 9.90. The molecule has 1 unspecified atom stereocenters. The third kappa shape index (κ3) is 6.61. The van der Waals surface area contributed by atoms with E-state index < -0.39 is 0 Å². The van der Waals surface area contributed by atoms with Crippen LogP contribution in [0.2, 0.25) is 0 Å². The number of rotatable bonds is 1. The van der Waals surface area contributed by atoms with Crippen molar-refractivity contribution in [2.45, 2.75) is 32.9 Å². The van der Waals surface area contributed by atoms with Crippen molar-refractivity contribution in [2.24, 2.45) is 0 Å². The van der Waals surface area contributed by atoms with E-state index in [-0.39, 0.29) is 10.5 Å². The molecule has 0 N–H and O–H groups in total. The first kappa shape index (κ1) is 16.9. The fourth-order valence-electron chi connectivity index (χ4n) is 1.13. The molecule has 100 valence electrons. The Balaban J connectivity index is 0.000000315. The van der Waals surface area contributed by atoms with E-state index in [0.717, 1.165) is 0 Å². The van der Waals surface area contributed by atoms with Gasteiger partial charge >= 0.3 is 0 Å². The van der Waals surface area contributed by atoms with Gasteiger partial charge in [0.25, 0.3) is 0 Å². The fourth-order valence-corrected chi connectivity index (χ4v) is 1.13.